The lowest BCUT2D eigenvalue weighted by Gasteiger charge is -2.22. The number of hydrazone groups is 1. The molecule has 0 saturated heterocycles. The van der Waals surface area contributed by atoms with Gasteiger partial charge in [0.2, 0.25) is 5.91 Å². The van der Waals surface area contributed by atoms with Gasteiger partial charge in [-0.3, -0.25) is 10.2 Å². The Morgan fingerprint density at radius 3 is 2.67 bits per heavy atom. The molecule has 1 unspecified atom stereocenters. The van der Waals surface area contributed by atoms with Gasteiger partial charge < -0.3 is 5.32 Å². The Bertz CT molecular complexity index is 502. The number of carbonyl (C=O) groups excluding carboxylic acids is 1. The summed E-state index contributed by atoms with van der Waals surface area (Å²) in [6.45, 7) is 7.50. The van der Waals surface area contributed by atoms with E-state index in [1.165, 1.54) is 6.92 Å². The second-order valence-electron chi connectivity index (χ2n) is 4.58. The van der Waals surface area contributed by atoms with E-state index in [0.717, 1.165) is 29.1 Å². The molecule has 0 bridgehead atoms. The molecule has 18 heavy (non-hydrogen) atoms. The molecule has 1 amide bonds. The zero-order chi connectivity index (χ0) is 13.1. The first-order chi connectivity index (χ1) is 8.56. The first-order valence-electron chi connectivity index (χ1n) is 5.95. The maximum atomic E-state index is 10.9. The monoisotopic (exact) mass is 243 g/mol. The average Bonchev–Trinajstić information content (AvgIpc) is 2.30. The van der Waals surface area contributed by atoms with E-state index in [2.05, 4.69) is 29.3 Å². The number of allylic oxidation sites excluding steroid dienone is 1. The van der Waals surface area contributed by atoms with Gasteiger partial charge in [-0.15, -0.1) is 0 Å². The van der Waals surface area contributed by atoms with Crippen LogP contribution in [0.25, 0.3) is 0 Å². The van der Waals surface area contributed by atoms with Crippen LogP contribution in [0.2, 0.25) is 0 Å². The minimum absolute atomic E-state index is 0.0657. The van der Waals surface area contributed by atoms with Crippen LogP contribution in [0.15, 0.2) is 41.6 Å². The highest BCUT2D eigenvalue weighted by molar-refractivity contribution is 6.03. The van der Waals surface area contributed by atoms with Gasteiger partial charge in [-0.1, -0.05) is 25.6 Å². The topological polar surface area (TPSA) is 53.5 Å². The van der Waals surface area contributed by atoms with E-state index in [0.29, 0.717) is 5.92 Å². The molecule has 0 spiro atoms. The molecule has 2 rings (SSSR count). The summed E-state index contributed by atoms with van der Waals surface area (Å²) in [7, 11) is 0. The van der Waals surface area contributed by atoms with Gasteiger partial charge in [0.15, 0.2) is 0 Å². The van der Waals surface area contributed by atoms with Crippen molar-refractivity contribution in [2.24, 2.45) is 11.0 Å². The van der Waals surface area contributed by atoms with Crippen molar-refractivity contribution in [3.05, 3.63) is 42.1 Å². The standard InChI is InChI=1S/C14H17N3O/c1-9-8-10(2)16-17-14(9)12-4-6-13(7-5-12)15-11(3)18/h4-7,9,16H,2,8H2,1,3H3,(H,15,18). The molecule has 0 aliphatic carbocycles. The van der Waals surface area contributed by atoms with Gasteiger partial charge in [0.1, 0.15) is 0 Å². The third-order valence-corrected chi connectivity index (χ3v) is 2.85. The third kappa shape index (κ3) is 2.77. The lowest BCUT2D eigenvalue weighted by atomic mass is 9.93. The van der Waals surface area contributed by atoms with Crippen LogP contribution in [0.3, 0.4) is 0 Å². The van der Waals surface area contributed by atoms with E-state index in [1.54, 1.807) is 0 Å². The highest BCUT2D eigenvalue weighted by Gasteiger charge is 2.18. The predicted octanol–water partition coefficient (Wildman–Crippen LogP) is 2.49. The Balaban J connectivity index is 2.19. The SMILES string of the molecule is C=C1CC(C)C(c2ccc(NC(C)=O)cc2)=NN1. The van der Waals surface area contributed by atoms with Crippen molar-refractivity contribution in [2.45, 2.75) is 20.3 Å². The van der Waals surface area contributed by atoms with E-state index in [-0.39, 0.29) is 5.91 Å². The molecule has 0 radical (unpaired) electrons. The van der Waals surface area contributed by atoms with Crippen LogP contribution in [0.5, 0.6) is 0 Å². The number of benzene rings is 1. The summed E-state index contributed by atoms with van der Waals surface area (Å²) in [5.74, 6) is 0.287. The fraction of sp³-hybridized carbons (Fsp3) is 0.286. The summed E-state index contributed by atoms with van der Waals surface area (Å²) < 4.78 is 0. The number of carbonyl (C=O) groups is 1. The third-order valence-electron chi connectivity index (χ3n) is 2.85. The van der Waals surface area contributed by atoms with Crippen LogP contribution < -0.4 is 10.7 Å². The van der Waals surface area contributed by atoms with E-state index in [1.807, 2.05) is 24.3 Å². The average molecular weight is 243 g/mol. The molecule has 1 aliphatic rings. The molecule has 4 heteroatoms. The highest BCUT2D eigenvalue weighted by atomic mass is 16.1. The maximum Gasteiger partial charge on any atom is 0.221 e. The van der Waals surface area contributed by atoms with Crippen molar-refractivity contribution in [1.29, 1.82) is 0 Å². The van der Waals surface area contributed by atoms with Crippen molar-refractivity contribution in [3.63, 3.8) is 0 Å². The summed E-state index contributed by atoms with van der Waals surface area (Å²) in [5.41, 5.74) is 6.77. The second kappa shape index (κ2) is 5.04. The molecule has 1 aromatic carbocycles. The molecule has 2 N–H and O–H groups in total. The number of hydrogen-bond donors (Lipinski definition) is 2. The molecular weight excluding hydrogens is 226 g/mol. The number of anilines is 1. The van der Waals surface area contributed by atoms with E-state index < -0.39 is 0 Å². The Morgan fingerprint density at radius 1 is 1.44 bits per heavy atom. The molecule has 0 aromatic heterocycles. The highest BCUT2D eigenvalue weighted by Crippen LogP contribution is 2.21. The molecule has 1 heterocycles. The lowest BCUT2D eigenvalue weighted by Crippen LogP contribution is -2.25. The number of nitrogens with one attached hydrogen (secondary N) is 2. The van der Waals surface area contributed by atoms with Crippen LogP contribution in [0, 0.1) is 5.92 Å². The summed E-state index contributed by atoms with van der Waals surface area (Å²) >= 11 is 0. The predicted molar refractivity (Wildman–Crippen MR) is 73.3 cm³/mol. The van der Waals surface area contributed by atoms with Crippen LogP contribution in [0.4, 0.5) is 5.69 Å². The molecule has 94 valence electrons. The minimum Gasteiger partial charge on any atom is -0.326 e. The smallest absolute Gasteiger partial charge is 0.221 e. The maximum absolute atomic E-state index is 10.9. The Hall–Kier alpha value is -2.10. The van der Waals surface area contributed by atoms with Crippen molar-refractivity contribution >= 4 is 17.3 Å². The number of rotatable bonds is 2. The van der Waals surface area contributed by atoms with Crippen LogP contribution in [0.1, 0.15) is 25.8 Å². The van der Waals surface area contributed by atoms with Crippen LogP contribution in [-0.2, 0) is 4.79 Å². The summed E-state index contributed by atoms with van der Waals surface area (Å²) in [6.07, 6.45) is 0.895. The van der Waals surface area contributed by atoms with Crippen molar-refractivity contribution < 1.29 is 4.79 Å². The van der Waals surface area contributed by atoms with E-state index >= 15 is 0 Å². The largest absolute Gasteiger partial charge is 0.326 e. The van der Waals surface area contributed by atoms with Gasteiger partial charge in [0, 0.05) is 24.2 Å². The second-order valence-corrected chi connectivity index (χ2v) is 4.58. The number of hydrogen-bond acceptors (Lipinski definition) is 3. The quantitative estimate of drug-likeness (QED) is 0.838. The lowest BCUT2D eigenvalue weighted by molar-refractivity contribution is -0.114. The van der Waals surface area contributed by atoms with Gasteiger partial charge in [0.25, 0.3) is 0 Å². The van der Waals surface area contributed by atoms with E-state index in [4.69, 9.17) is 0 Å². The van der Waals surface area contributed by atoms with Gasteiger partial charge in [0.05, 0.1) is 5.71 Å². The van der Waals surface area contributed by atoms with Crippen LogP contribution in [-0.4, -0.2) is 11.6 Å². The van der Waals surface area contributed by atoms with Gasteiger partial charge in [-0.25, -0.2) is 0 Å². The fourth-order valence-electron chi connectivity index (χ4n) is 2.04. The number of nitrogens with zero attached hydrogens (tertiary/aromatic N) is 1. The molecular formula is C14H17N3O. The number of amides is 1. The van der Waals surface area contributed by atoms with Gasteiger partial charge >= 0.3 is 0 Å². The fourth-order valence-corrected chi connectivity index (χ4v) is 2.04. The minimum atomic E-state index is -0.0657. The molecule has 0 fully saturated rings. The summed E-state index contributed by atoms with van der Waals surface area (Å²) in [6, 6.07) is 7.71. The Kier molecular flexibility index (Phi) is 3.46. The normalized spacial score (nSPS) is 18.9. The molecule has 0 saturated carbocycles. The van der Waals surface area contributed by atoms with Gasteiger partial charge in [-0.2, -0.15) is 5.10 Å². The first-order valence-corrected chi connectivity index (χ1v) is 5.95. The van der Waals surface area contributed by atoms with E-state index in [9.17, 15) is 4.79 Å². The molecule has 4 nitrogen and oxygen atoms in total. The van der Waals surface area contributed by atoms with Crippen molar-refractivity contribution in [1.82, 2.24) is 5.43 Å². The van der Waals surface area contributed by atoms with Gasteiger partial charge in [-0.05, 0) is 24.1 Å². The summed E-state index contributed by atoms with van der Waals surface area (Å²) in [5, 5.41) is 7.08. The zero-order valence-corrected chi connectivity index (χ0v) is 10.7. The molecule has 1 aromatic rings. The van der Waals surface area contributed by atoms with Crippen LogP contribution >= 0.6 is 0 Å². The van der Waals surface area contributed by atoms with Crippen molar-refractivity contribution in [2.75, 3.05) is 5.32 Å². The zero-order valence-electron chi connectivity index (χ0n) is 10.7. The summed E-state index contributed by atoms with van der Waals surface area (Å²) in [4.78, 5) is 10.9. The molecule has 1 atom stereocenters. The Morgan fingerprint density at radius 2 is 2.11 bits per heavy atom. The van der Waals surface area contributed by atoms with Crippen molar-refractivity contribution in [3.8, 4) is 0 Å². The first kappa shape index (κ1) is 12.4. The molecule has 1 aliphatic heterocycles. The Labute approximate surface area is 107 Å².